The van der Waals surface area contributed by atoms with Crippen LogP contribution < -0.4 is 5.32 Å². The van der Waals surface area contributed by atoms with Crippen molar-refractivity contribution >= 4 is 11.9 Å². The van der Waals surface area contributed by atoms with Crippen LogP contribution in [-0.4, -0.2) is 33.1 Å². The van der Waals surface area contributed by atoms with Crippen molar-refractivity contribution in [2.75, 3.05) is 0 Å². The number of carbonyl (C=O) groups excluding carboxylic acids is 1. The molecule has 1 atom stereocenters. The molecule has 0 radical (unpaired) electrons. The van der Waals surface area contributed by atoms with Gasteiger partial charge in [-0.3, -0.25) is 9.59 Å². The van der Waals surface area contributed by atoms with Crippen LogP contribution in [-0.2, 0) is 4.79 Å². The standard InChI is InChI=1S/C12H16N2O4/c1-7(2)8(6-10(16)17)14-12(18)11-9(15)4-3-5-13-11/h3-5,7-8,15H,6H2,1-2H3,(H,14,18)(H,16,17). The summed E-state index contributed by atoms with van der Waals surface area (Å²) in [5.41, 5.74) is -0.103. The summed E-state index contributed by atoms with van der Waals surface area (Å²) in [6.45, 7) is 3.62. The Morgan fingerprint density at radius 1 is 1.44 bits per heavy atom. The first-order valence-electron chi connectivity index (χ1n) is 5.58. The molecule has 0 aliphatic heterocycles. The van der Waals surface area contributed by atoms with Gasteiger partial charge in [-0.2, -0.15) is 0 Å². The van der Waals surface area contributed by atoms with Crippen LogP contribution in [0.15, 0.2) is 18.3 Å². The molecule has 6 heteroatoms. The molecular weight excluding hydrogens is 236 g/mol. The molecular formula is C12H16N2O4. The molecule has 1 aromatic rings. The van der Waals surface area contributed by atoms with Crippen LogP contribution in [0.4, 0.5) is 0 Å². The van der Waals surface area contributed by atoms with Gasteiger partial charge in [0.2, 0.25) is 0 Å². The van der Waals surface area contributed by atoms with Crippen LogP contribution in [0.25, 0.3) is 0 Å². The van der Waals surface area contributed by atoms with Crippen molar-refractivity contribution in [1.82, 2.24) is 10.3 Å². The Labute approximate surface area is 105 Å². The average molecular weight is 252 g/mol. The molecule has 18 heavy (non-hydrogen) atoms. The molecule has 1 unspecified atom stereocenters. The van der Waals surface area contributed by atoms with E-state index in [0.29, 0.717) is 0 Å². The Kier molecular flexibility index (Phi) is 4.65. The predicted octanol–water partition coefficient (Wildman–Crippen LogP) is 1.02. The molecule has 0 aliphatic carbocycles. The predicted molar refractivity (Wildman–Crippen MR) is 64.2 cm³/mol. The maximum Gasteiger partial charge on any atom is 0.305 e. The zero-order chi connectivity index (χ0) is 13.7. The fourth-order valence-corrected chi connectivity index (χ4v) is 1.45. The van der Waals surface area contributed by atoms with Crippen molar-refractivity contribution in [1.29, 1.82) is 0 Å². The molecule has 0 saturated heterocycles. The number of aromatic nitrogens is 1. The van der Waals surface area contributed by atoms with E-state index in [1.165, 1.54) is 18.3 Å². The van der Waals surface area contributed by atoms with Gasteiger partial charge in [0.15, 0.2) is 5.69 Å². The van der Waals surface area contributed by atoms with Crippen molar-refractivity contribution in [3.8, 4) is 5.75 Å². The number of hydrogen-bond acceptors (Lipinski definition) is 4. The number of nitrogens with one attached hydrogen (secondary N) is 1. The summed E-state index contributed by atoms with van der Waals surface area (Å²) in [6.07, 6.45) is 1.22. The summed E-state index contributed by atoms with van der Waals surface area (Å²) < 4.78 is 0. The second kappa shape index (κ2) is 6.00. The highest BCUT2D eigenvalue weighted by Crippen LogP contribution is 2.14. The van der Waals surface area contributed by atoms with Crippen molar-refractivity contribution in [3.63, 3.8) is 0 Å². The number of hydrogen-bond donors (Lipinski definition) is 3. The van der Waals surface area contributed by atoms with Gasteiger partial charge in [-0.1, -0.05) is 13.8 Å². The van der Waals surface area contributed by atoms with Gasteiger partial charge in [-0.05, 0) is 18.1 Å². The largest absolute Gasteiger partial charge is 0.505 e. The van der Waals surface area contributed by atoms with Crippen LogP contribution in [0.2, 0.25) is 0 Å². The first-order chi connectivity index (χ1) is 8.41. The van der Waals surface area contributed by atoms with Crippen molar-refractivity contribution in [2.24, 2.45) is 5.92 Å². The van der Waals surface area contributed by atoms with E-state index in [1.807, 2.05) is 13.8 Å². The first kappa shape index (κ1) is 14.0. The highest BCUT2D eigenvalue weighted by Gasteiger charge is 2.22. The lowest BCUT2D eigenvalue weighted by molar-refractivity contribution is -0.137. The van der Waals surface area contributed by atoms with E-state index in [2.05, 4.69) is 10.3 Å². The van der Waals surface area contributed by atoms with Crippen LogP contribution in [0.1, 0.15) is 30.8 Å². The fraction of sp³-hybridized carbons (Fsp3) is 0.417. The Morgan fingerprint density at radius 3 is 2.61 bits per heavy atom. The molecule has 0 spiro atoms. The Morgan fingerprint density at radius 2 is 2.11 bits per heavy atom. The molecule has 1 rings (SSSR count). The van der Waals surface area contributed by atoms with Crippen LogP contribution >= 0.6 is 0 Å². The highest BCUT2D eigenvalue weighted by atomic mass is 16.4. The highest BCUT2D eigenvalue weighted by molar-refractivity contribution is 5.95. The van der Waals surface area contributed by atoms with E-state index in [-0.39, 0.29) is 23.8 Å². The van der Waals surface area contributed by atoms with Crippen LogP contribution in [0.5, 0.6) is 5.75 Å². The quantitative estimate of drug-likeness (QED) is 0.726. The zero-order valence-electron chi connectivity index (χ0n) is 10.3. The van der Waals surface area contributed by atoms with Crippen molar-refractivity contribution in [3.05, 3.63) is 24.0 Å². The van der Waals surface area contributed by atoms with E-state index >= 15 is 0 Å². The maximum atomic E-state index is 11.8. The van der Waals surface area contributed by atoms with Gasteiger partial charge in [0.05, 0.1) is 6.42 Å². The second-order valence-corrected chi connectivity index (χ2v) is 4.29. The lowest BCUT2D eigenvalue weighted by Crippen LogP contribution is -2.40. The van der Waals surface area contributed by atoms with Gasteiger partial charge in [0.25, 0.3) is 5.91 Å². The second-order valence-electron chi connectivity index (χ2n) is 4.29. The average Bonchev–Trinajstić information content (AvgIpc) is 2.27. The van der Waals surface area contributed by atoms with Gasteiger partial charge < -0.3 is 15.5 Å². The van der Waals surface area contributed by atoms with Gasteiger partial charge >= 0.3 is 5.97 Å². The summed E-state index contributed by atoms with van der Waals surface area (Å²) in [5, 5.41) is 20.8. The number of amides is 1. The van der Waals surface area contributed by atoms with Gasteiger partial charge in [0, 0.05) is 12.2 Å². The third-order valence-corrected chi connectivity index (χ3v) is 2.52. The third kappa shape index (κ3) is 3.73. The third-order valence-electron chi connectivity index (χ3n) is 2.52. The molecule has 1 amide bonds. The number of aliphatic carboxylic acids is 1. The number of rotatable bonds is 5. The number of aromatic hydroxyl groups is 1. The molecule has 3 N–H and O–H groups in total. The monoisotopic (exact) mass is 252 g/mol. The Hall–Kier alpha value is -2.11. The van der Waals surface area contributed by atoms with Gasteiger partial charge in [0.1, 0.15) is 5.75 Å². The van der Waals surface area contributed by atoms with Gasteiger partial charge in [-0.25, -0.2) is 4.98 Å². The van der Waals surface area contributed by atoms with E-state index in [9.17, 15) is 14.7 Å². The molecule has 0 bridgehead atoms. The molecule has 0 saturated carbocycles. The summed E-state index contributed by atoms with van der Waals surface area (Å²) in [5.74, 6) is -1.82. The van der Waals surface area contributed by atoms with Crippen LogP contribution in [0.3, 0.4) is 0 Å². The molecule has 0 aromatic carbocycles. The topological polar surface area (TPSA) is 99.5 Å². The van der Waals surface area contributed by atoms with Crippen molar-refractivity contribution < 1.29 is 19.8 Å². The molecule has 6 nitrogen and oxygen atoms in total. The number of carboxylic acids is 1. The number of nitrogens with zero attached hydrogens (tertiary/aromatic N) is 1. The van der Waals surface area contributed by atoms with E-state index in [4.69, 9.17) is 5.11 Å². The van der Waals surface area contributed by atoms with E-state index < -0.39 is 17.9 Å². The number of pyridine rings is 1. The molecule has 1 heterocycles. The molecule has 0 aliphatic rings. The lowest BCUT2D eigenvalue weighted by Gasteiger charge is -2.20. The maximum absolute atomic E-state index is 11.8. The lowest BCUT2D eigenvalue weighted by atomic mass is 10.0. The fourth-order valence-electron chi connectivity index (χ4n) is 1.45. The minimum atomic E-state index is -0.987. The summed E-state index contributed by atoms with van der Waals surface area (Å²) in [6, 6.07) is 2.35. The minimum Gasteiger partial charge on any atom is -0.505 e. The van der Waals surface area contributed by atoms with Crippen molar-refractivity contribution in [2.45, 2.75) is 26.3 Å². The SMILES string of the molecule is CC(C)C(CC(=O)O)NC(=O)c1ncccc1O. The number of carbonyl (C=O) groups is 2. The molecule has 0 fully saturated rings. The summed E-state index contributed by atoms with van der Waals surface area (Å²) in [7, 11) is 0. The first-order valence-corrected chi connectivity index (χ1v) is 5.58. The Bertz CT molecular complexity index is 445. The zero-order valence-corrected chi connectivity index (χ0v) is 10.3. The van der Waals surface area contributed by atoms with Crippen LogP contribution in [0, 0.1) is 5.92 Å². The van der Waals surface area contributed by atoms with E-state index in [1.54, 1.807) is 0 Å². The minimum absolute atomic E-state index is 0.0316. The molecule has 98 valence electrons. The summed E-state index contributed by atoms with van der Waals surface area (Å²) >= 11 is 0. The Balaban J connectivity index is 2.79. The van der Waals surface area contributed by atoms with E-state index in [0.717, 1.165) is 0 Å². The normalized spacial score (nSPS) is 12.2. The number of carboxylic acid groups (broad SMARTS) is 1. The molecule has 1 aromatic heterocycles. The smallest absolute Gasteiger partial charge is 0.305 e. The summed E-state index contributed by atoms with van der Waals surface area (Å²) in [4.78, 5) is 26.3. The van der Waals surface area contributed by atoms with Gasteiger partial charge in [-0.15, -0.1) is 0 Å².